The molecule has 0 aliphatic rings. The van der Waals surface area contributed by atoms with Crippen LogP contribution in [0.4, 0.5) is 0 Å². The molecule has 28 heavy (non-hydrogen) atoms. The molecule has 0 amide bonds. The number of sulfone groups is 1. The molecule has 0 N–H and O–H groups in total. The van der Waals surface area contributed by atoms with Gasteiger partial charge in [-0.3, -0.25) is 8.42 Å². The van der Waals surface area contributed by atoms with Crippen LogP contribution in [0.5, 0.6) is 0 Å². The van der Waals surface area contributed by atoms with Gasteiger partial charge in [0.05, 0.1) is 10.2 Å². The molecule has 0 saturated carbocycles. The standard InChI is InChI=1S/C15H13NO6S4.2Na/c1-26(21,22)15-16-13-3-2-9(7-14(13)23-15)4-10-5-11(24(17)18)8-12(6-10)25(19)20;;/h2-3,5-8H,4H2,1H3,(H,17,18)(H,19,20);;/q;2*+1/p-2. The summed E-state index contributed by atoms with van der Waals surface area (Å²) in [5.41, 5.74) is 1.84. The van der Waals surface area contributed by atoms with E-state index in [-0.39, 0.29) is 79.7 Å². The average Bonchev–Trinajstić information content (AvgIpc) is 2.98. The van der Waals surface area contributed by atoms with Crippen molar-refractivity contribution in [2.45, 2.75) is 20.6 Å². The number of aromatic nitrogens is 1. The molecule has 3 aromatic rings. The fourth-order valence-corrected chi connectivity index (χ4v) is 5.29. The Hall–Kier alpha value is 0.500. The maximum atomic E-state index is 11.6. The number of hydrogen-bond donors (Lipinski definition) is 0. The van der Waals surface area contributed by atoms with Crippen LogP contribution >= 0.6 is 11.3 Å². The fraction of sp³-hybridized carbons (Fsp3) is 0.133. The van der Waals surface area contributed by atoms with Crippen molar-refractivity contribution >= 4 is 53.6 Å². The molecule has 0 spiro atoms. The summed E-state index contributed by atoms with van der Waals surface area (Å²) in [6.45, 7) is 0. The summed E-state index contributed by atoms with van der Waals surface area (Å²) >= 11 is -4.05. The van der Waals surface area contributed by atoms with Gasteiger partial charge in [-0.05, 0) is 70.0 Å². The number of fused-ring (bicyclic) bond motifs is 1. The van der Waals surface area contributed by atoms with Crippen LogP contribution in [0.25, 0.3) is 10.2 Å². The summed E-state index contributed by atoms with van der Waals surface area (Å²) in [5, 5.41) is 0. The summed E-state index contributed by atoms with van der Waals surface area (Å²) in [6, 6.07) is 9.06. The second-order valence-electron chi connectivity index (χ2n) is 5.51. The van der Waals surface area contributed by atoms with Crippen LogP contribution in [0.1, 0.15) is 11.1 Å². The number of rotatable bonds is 5. The van der Waals surface area contributed by atoms with Crippen LogP contribution in [0.3, 0.4) is 0 Å². The van der Waals surface area contributed by atoms with Gasteiger partial charge in [0.1, 0.15) is 0 Å². The zero-order valence-electron chi connectivity index (χ0n) is 15.2. The SMILES string of the molecule is CS(=O)(=O)c1nc2ccc(Cc3cc(S(=O)[O-])cc(S(=O)[O-])c3)cc2s1.[Na+].[Na+]. The minimum atomic E-state index is -3.40. The van der Waals surface area contributed by atoms with E-state index in [0.717, 1.165) is 29.2 Å². The molecule has 2 atom stereocenters. The van der Waals surface area contributed by atoms with Crippen LogP contribution < -0.4 is 59.1 Å². The minimum Gasteiger partial charge on any atom is -0.768 e. The number of nitrogens with zero attached hydrogens (tertiary/aromatic N) is 1. The predicted molar refractivity (Wildman–Crippen MR) is 96.3 cm³/mol. The van der Waals surface area contributed by atoms with Crippen molar-refractivity contribution < 1.29 is 85.1 Å². The number of thiazole rings is 1. The van der Waals surface area contributed by atoms with E-state index < -0.39 is 32.0 Å². The Morgan fingerprint density at radius 2 is 1.54 bits per heavy atom. The first-order valence-corrected chi connectivity index (χ1v) is 11.9. The first kappa shape index (κ1) is 26.5. The van der Waals surface area contributed by atoms with Crippen LogP contribution in [-0.4, -0.2) is 37.2 Å². The molecule has 0 radical (unpaired) electrons. The summed E-state index contributed by atoms with van der Waals surface area (Å²) in [7, 11) is -3.40. The summed E-state index contributed by atoms with van der Waals surface area (Å²) in [5.74, 6) is 0. The van der Waals surface area contributed by atoms with Crippen molar-refractivity contribution in [3.8, 4) is 0 Å². The van der Waals surface area contributed by atoms with Gasteiger partial charge in [0.2, 0.25) is 14.2 Å². The minimum absolute atomic E-state index is 0. The largest absolute Gasteiger partial charge is 1.00 e. The molecule has 3 rings (SSSR count). The topological polar surface area (TPSA) is 127 Å². The zero-order valence-corrected chi connectivity index (χ0v) is 22.5. The zero-order chi connectivity index (χ0) is 19.1. The van der Waals surface area contributed by atoms with Crippen molar-refractivity contribution in [1.82, 2.24) is 4.98 Å². The fourth-order valence-electron chi connectivity index (χ4n) is 2.38. The van der Waals surface area contributed by atoms with E-state index in [2.05, 4.69) is 4.98 Å². The Morgan fingerprint density at radius 1 is 0.964 bits per heavy atom. The molecule has 1 aromatic heterocycles. The average molecular weight is 476 g/mol. The van der Waals surface area contributed by atoms with Crippen molar-refractivity contribution in [3.63, 3.8) is 0 Å². The summed E-state index contributed by atoms with van der Waals surface area (Å²) in [6.07, 6.45) is 1.38. The first-order chi connectivity index (χ1) is 12.1. The molecule has 13 heteroatoms. The molecule has 2 aromatic carbocycles. The quantitative estimate of drug-likeness (QED) is 0.270. The van der Waals surface area contributed by atoms with Gasteiger partial charge in [-0.1, -0.05) is 6.07 Å². The van der Waals surface area contributed by atoms with Gasteiger partial charge in [0.15, 0.2) is 0 Å². The van der Waals surface area contributed by atoms with E-state index in [4.69, 9.17) is 0 Å². The smallest absolute Gasteiger partial charge is 0.768 e. The van der Waals surface area contributed by atoms with Crippen LogP contribution in [0, 0.1) is 0 Å². The third-order valence-corrected chi connectivity index (χ3v) is 7.42. The van der Waals surface area contributed by atoms with E-state index in [1.807, 2.05) is 0 Å². The molecule has 2 unspecified atom stereocenters. The number of hydrogen-bond acceptors (Lipinski definition) is 8. The summed E-state index contributed by atoms with van der Waals surface area (Å²) < 4.78 is 68.7. The molecule has 0 aliphatic carbocycles. The van der Waals surface area contributed by atoms with E-state index >= 15 is 0 Å². The Bertz CT molecular complexity index is 1130. The van der Waals surface area contributed by atoms with Gasteiger partial charge in [-0.25, -0.2) is 13.4 Å². The Morgan fingerprint density at radius 3 is 2.04 bits per heavy atom. The van der Waals surface area contributed by atoms with Crippen molar-refractivity contribution in [3.05, 3.63) is 47.5 Å². The molecule has 0 fully saturated rings. The Kier molecular flexibility index (Phi) is 10.1. The van der Waals surface area contributed by atoms with Gasteiger partial charge >= 0.3 is 59.1 Å². The van der Waals surface area contributed by atoms with Crippen LogP contribution in [-0.2, 0) is 38.4 Å². The number of benzene rings is 2. The van der Waals surface area contributed by atoms with Gasteiger partial charge in [-0.15, -0.1) is 11.3 Å². The monoisotopic (exact) mass is 475 g/mol. The molecular formula is C15H11NNa2O6S4. The molecule has 138 valence electrons. The van der Waals surface area contributed by atoms with E-state index in [9.17, 15) is 25.9 Å². The molecule has 0 aliphatic heterocycles. The van der Waals surface area contributed by atoms with Gasteiger partial charge < -0.3 is 9.11 Å². The third-order valence-electron chi connectivity index (χ3n) is 3.48. The van der Waals surface area contributed by atoms with Gasteiger partial charge in [0, 0.05) is 16.0 Å². The Labute approximate surface area is 215 Å². The van der Waals surface area contributed by atoms with Gasteiger partial charge in [0.25, 0.3) is 0 Å². The second-order valence-corrected chi connectivity index (χ2v) is 10.6. The second kappa shape index (κ2) is 10.7. The molecule has 0 bridgehead atoms. The van der Waals surface area contributed by atoms with E-state index in [1.54, 1.807) is 18.2 Å². The van der Waals surface area contributed by atoms with Crippen LogP contribution in [0.15, 0.2) is 50.5 Å². The predicted octanol–water partition coefficient (Wildman–Crippen LogP) is -4.23. The molecule has 0 saturated heterocycles. The first-order valence-electron chi connectivity index (χ1n) is 7.05. The van der Waals surface area contributed by atoms with Crippen LogP contribution in [0.2, 0.25) is 0 Å². The van der Waals surface area contributed by atoms with Crippen molar-refractivity contribution in [1.29, 1.82) is 0 Å². The van der Waals surface area contributed by atoms with E-state index in [0.29, 0.717) is 15.8 Å². The molecular weight excluding hydrogens is 464 g/mol. The maximum Gasteiger partial charge on any atom is 1.00 e. The third kappa shape index (κ3) is 6.50. The van der Waals surface area contributed by atoms with Crippen molar-refractivity contribution in [2.75, 3.05) is 6.26 Å². The molecule has 1 heterocycles. The van der Waals surface area contributed by atoms with E-state index in [1.165, 1.54) is 12.1 Å². The maximum absolute atomic E-state index is 11.6. The Balaban J connectivity index is 0.00000196. The normalized spacial score (nSPS) is 13.4. The summed E-state index contributed by atoms with van der Waals surface area (Å²) in [4.78, 5) is 3.85. The molecule has 7 nitrogen and oxygen atoms in total. The van der Waals surface area contributed by atoms with Crippen molar-refractivity contribution in [2.24, 2.45) is 0 Å². The van der Waals surface area contributed by atoms with Gasteiger partial charge in [-0.2, -0.15) is 0 Å².